The molecule has 0 amide bonds. The Bertz CT molecular complexity index is 473. The summed E-state index contributed by atoms with van der Waals surface area (Å²) in [7, 11) is 1.69. The maximum Gasteiger partial charge on any atom is 0.314 e. The molecule has 0 heterocycles. The Balaban J connectivity index is 2.37. The van der Waals surface area contributed by atoms with Gasteiger partial charge in [0.1, 0.15) is 0 Å². The molecule has 1 N–H and O–H groups in total. The van der Waals surface area contributed by atoms with E-state index in [9.17, 15) is 9.90 Å². The van der Waals surface area contributed by atoms with Crippen LogP contribution in [0, 0.1) is 0 Å². The minimum absolute atomic E-state index is 0.103. The van der Waals surface area contributed by atoms with E-state index in [1.807, 2.05) is 18.2 Å². The van der Waals surface area contributed by atoms with Crippen LogP contribution < -0.4 is 0 Å². The van der Waals surface area contributed by atoms with Crippen molar-refractivity contribution in [1.82, 2.24) is 0 Å². The SMILES string of the molecule is COCC(C)(C)c1cccc(C2(C(=O)O)CCC2)c1. The number of rotatable bonds is 5. The van der Waals surface area contributed by atoms with Crippen LogP contribution in [0.3, 0.4) is 0 Å². The minimum Gasteiger partial charge on any atom is -0.481 e. The Morgan fingerprint density at radius 2 is 2.11 bits per heavy atom. The lowest BCUT2D eigenvalue weighted by molar-refractivity contribution is -0.147. The van der Waals surface area contributed by atoms with Crippen molar-refractivity contribution in [3.05, 3.63) is 35.4 Å². The standard InChI is InChI=1S/C16H22O3/c1-15(2,11-19-3)12-6-4-7-13(10-12)16(14(17)18)8-5-9-16/h4,6-7,10H,5,8-9,11H2,1-3H3,(H,17,18). The average molecular weight is 262 g/mol. The highest BCUT2D eigenvalue weighted by atomic mass is 16.5. The van der Waals surface area contributed by atoms with Gasteiger partial charge in [-0.2, -0.15) is 0 Å². The Morgan fingerprint density at radius 1 is 1.42 bits per heavy atom. The zero-order valence-corrected chi connectivity index (χ0v) is 11.9. The number of carboxylic acid groups (broad SMARTS) is 1. The number of methoxy groups -OCH3 is 1. The van der Waals surface area contributed by atoms with Crippen molar-refractivity contribution < 1.29 is 14.6 Å². The molecule has 1 aromatic carbocycles. The third-order valence-electron chi connectivity index (χ3n) is 4.32. The lowest BCUT2D eigenvalue weighted by atomic mass is 9.64. The van der Waals surface area contributed by atoms with Crippen LogP contribution in [0.2, 0.25) is 0 Å². The summed E-state index contributed by atoms with van der Waals surface area (Å²) in [5, 5.41) is 9.51. The molecule has 0 saturated heterocycles. The largest absolute Gasteiger partial charge is 0.481 e. The Kier molecular flexibility index (Phi) is 3.68. The van der Waals surface area contributed by atoms with Gasteiger partial charge in [0, 0.05) is 12.5 Å². The van der Waals surface area contributed by atoms with Crippen LogP contribution in [-0.2, 0) is 20.4 Å². The van der Waals surface area contributed by atoms with E-state index in [0.717, 1.165) is 30.4 Å². The van der Waals surface area contributed by atoms with Crippen LogP contribution in [0.4, 0.5) is 0 Å². The smallest absolute Gasteiger partial charge is 0.314 e. The highest BCUT2D eigenvalue weighted by Gasteiger charge is 2.46. The summed E-state index contributed by atoms with van der Waals surface area (Å²) in [6.07, 6.45) is 2.49. The van der Waals surface area contributed by atoms with Gasteiger partial charge in [-0.25, -0.2) is 0 Å². The predicted molar refractivity (Wildman–Crippen MR) is 74.5 cm³/mol. The molecule has 1 aliphatic rings. The fourth-order valence-corrected chi connectivity index (χ4v) is 2.84. The quantitative estimate of drug-likeness (QED) is 0.886. The van der Waals surface area contributed by atoms with E-state index >= 15 is 0 Å². The summed E-state index contributed by atoms with van der Waals surface area (Å²) in [6, 6.07) is 8.01. The maximum atomic E-state index is 11.6. The molecule has 3 nitrogen and oxygen atoms in total. The molecule has 1 fully saturated rings. The highest BCUT2D eigenvalue weighted by Crippen LogP contribution is 2.44. The number of aliphatic carboxylic acids is 1. The van der Waals surface area contributed by atoms with Crippen molar-refractivity contribution in [2.75, 3.05) is 13.7 Å². The van der Waals surface area contributed by atoms with Gasteiger partial charge in [0.2, 0.25) is 0 Å². The third kappa shape index (κ3) is 2.39. The average Bonchev–Trinajstić information content (AvgIpc) is 2.27. The van der Waals surface area contributed by atoms with Gasteiger partial charge in [-0.1, -0.05) is 44.5 Å². The van der Waals surface area contributed by atoms with Crippen molar-refractivity contribution in [2.24, 2.45) is 0 Å². The van der Waals surface area contributed by atoms with Crippen LogP contribution in [-0.4, -0.2) is 24.8 Å². The van der Waals surface area contributed by atoms with Crippen LogP contribution >= 0.6 is 0 Å². The summed E-state index contributed by atoms with van der Waals surface area (Å²) >= 11 is 0. The lowest BCUT2D eigenvalue weighted by Crippen LogP contribution is -2.42. The van der Waals surface area contributed by atoms with Gasteiger partial charge in [0.05, 0.1) is 12.0 Å². The molecule has 2 rings (SSSR count). The number of ether oxygens (including phenoxy) is 1. The number of hydrogen-bond donors (Lipinski definition) is 1. The molecule has 0 aromatic heterocycles. The molecule has 104 valence electrons. The highest BCUT2D eigenvalue weighted by molar-refractivity contribution is 5.82. The molecule has 3 heteroatoms. The Morgan fingerprint density at radius 3 is 2.58 bits per heavy atom. The molecule has 0 spiro atoms. The lowest BCUT2D eigenvalue weighted by Gasteiger charge is -2.39. The molecule has 0 atom stereocenters. The van der Waals surface area contributed by atoms with Gasteiger partial charge in [0.15, 0.2) is 0 Å². The molecular formula is C16H22O3. The van der Waals surface area contributed by atoms with E-state index in [-0.39, 0.29) is 5.41 Å². The van der Waals surface area contributed by atoms with Gasteiger partial charge in [0.25, 0.3) is 0 Å². The first kappa shape index (κ1) is 14.1. The van der Waals surface area contributed by atoms with Gasteiger partial charge in [-0.05, 0) is 24.0 Å². The summed E-state index contributed by atoms with van der Waals surface area (Å²) in [5.74, 6) is -0.694. The second kappa shape index (κ2) is 4.97. The summed E-state index contributed by atoms with van der Waals surface area (Å²) in [5.41, 5.74) is 1.32. The monoisotopic (exact) mass is 262 g/mol. The van der Waals surface area contributed by atoms with E-state index in [2.05, 4.69) is 19.9 Å². The fraction of sp³-hybridized carbons (Fsp3) is 0.562. The molecule has 0 radical (unpaired) electrons. The topological polar surface area (TPSA) is 46.5 Å². The van der Waals surface area contributed by atoms with Crippen LogP contribution in [0.15, 0.2) is 24.3 Å². The number of carbonyl (C=O) groups is 1. The first-order chi connectivity index (χ1) is 8.92. The van der Waals surface area contributed by atoms with Gasteiger partial charge >= 0.3 is 5.97 Å². The van der Waals surface area contributed by atoms with Crippen molar-refractivity contribution in [2.45, 2.75) is 43.9 Å². The van der Waals surface area contributed by atoms with Crippen molar-refractivity contribution in [1.29, 1.82) is 0 Å². The number of benzene rings is 1. The van der Waals surface area contributed by atoms with Crippen LogP contribution in [0.5, 0.6) is 0 Å². The van der Waals surface area contributed by atoms with Crippen molar-refractivity contribution in [3.63, 3.8) is 0 Å². The van der Waals surface area contributed by atoms with E-state index in [4.69, 9.17) is 4.74 Å². The Hall–Kier alpha value is -1.35. The second-order valence-electron chi connectivity index (χ2n) is 6.14. The molecule has 1 saturated carbocycles. The van der Waals surface area contributed by atoms with Crippen molar-refractivity contribution >= 4 is 5.97 Å². The first-order valence-corrected chi connectivity index (χ1v) is 6.76. The molecular weight excluding hydrogens is 240 g/mol. The molecule has 0 bridgehead atoms. The number of hydrogen-bond acceptors (Lipinski definition) is 2. The number of carboxylic acids is 1. The van der Waals surface area contributed by atoms with E-state index in [1.54, 1.807) is 7.11 Å². The van der Waals surface area contributed by atoms with Crippen molar-refractivity contribution in [3.8, 4) is 0 Å². The van der Waals surface area contributed by atoms with Gasteiger partial charge in [-0.15, -0.1) is 0 Å². The predicted octanol–water partition coefficient (Wildman–Crippen LogP) is 3.12. The molecule has 0 aliphatic heterocycles. The zero-order chi connectivity index (χ0) is 14.1. The van der Waals surface area contributed by atoms with Crippen LogP contribution in [0.1, 0.15) is 44.2 Å². The first-order valence-electron chi connectivity index (χ1n) is 6.76. The van der Waals surface area contributed by atoms with E-state index < -0.39 is 11.4 Å². The fourth-order valence-electron chi connectivity index (χ4n) is 2.84. The summed E-state index contributed by atoms with van der Waals surface area (Å²) in [6.45, 7) is 4.85. The molecule has 0 unspecified atom stereocenters. The second-order valence-corrected chi connectivity index (χ2v) is 6.14. The van der Waals surface area contributed by atoms with E-state index in [0.29, 0.717) is 6.61 Å². The molecule has 19 heavy (non-hydrogen) atoms. The maximum absolute atomic E-state index is 11.6. The van der Waals surface area contributed by atoms with Crippen LogP contribution in [0.25, 0.3) is 0 Å². The molecule has 1 aromatic rings. The van der Waals surface area contributed by atoms with E-state index in [1.165, 1.54) is 0 Å². The summed E-state index contributed by atoms with van der Waals surface area (Å²) in [4.78, 5) is 11.6. The summed E-state index contributed by atoms with van der Waals surface area (Å²) < 4.78 is 5.26. The van der Waals surface area contributed by atoms with Gasteiger partial charge < -0.3 is 9.84 Å². The normalized spacial score (nSPS) is 17.8. The minimum atomic E-state index is -0.694. The zero-order valence-electron chi connectivity index (χ0n) is 11.9. The van der Waals surface area contributed by atoms with Gasteiger partial charge in [-0.3, -0.25) is 4.79 Å². The third-order valence-corrected chi connectivity index (χ3v) is 4.32. The Labute approximate surface area is 114 Å². The molecule has 1 aliphatic carbocycles.